The molecule has 0 bridgehead atoms. The van der Waals surface area contributed by atoms with Crippen molar-refractivity contribution in [3.63, 3.8) is 0 Å². The van der Waals surface area contributed by atoms with Gasteiger partial charge < -0.3 is 51.2 Å². The van der Waals surface area contributed by atoms with E-state index in [1.165, 1.54) is 35.4 Å². The first-order valence-corrected chi connectivity index (χ1v) is 15.8. The van der Waals surface area contributed by atoms with Gasteiger partial charge in [-0.2, -0.15) is 18.8 Å². The van der Waals surface area contributed by atoms with E-state index in [2.05, 4.69) is 23.8 Å². The highest BCUT2D eigenvalue weighted by Gasteiger charge is 2.52. The Morgan fingerprint density at radius 2 is 1.64 bits per heavy atom. The van der Waals surface area contributed by atoms with Gasteiger partial charge in [0.25, 0.3) is 12.2 Å². The standard InChI is InChI=1S/C21H27N7O15P2/c22-17-12-19(25-7-24-17)28(8-26-12)20-15(31)13(29)10(40-20)5-38-44(34,35)43-45(36,37)39-6-11-14(30)16(32)21(41-11)42-27-3-1-2-9(4-27)18(23)33/h1-4,7-8,10-11,13-16,20-21,29-32H,5-6H2,(H5-,22,23,24,25,33,34,35,36,37)/p+1/t10-,11-,13-,14-,15-,16-,20-,21+/m1/s1. The predicted molar refractivity (Wildman–Crippen MR) is 139 cm³/mol. The number of imidazole rings is 1. The van der Waals surface area contributed by atoms with E-state index in [0.29, 0.717) is 0 Å². The van der Waals surface area contributed by atoms with Gasteiger partial charge >= 0.3 is 16.3 Å². The van der Waals surface area contributed by atoms with Crippen molar-refractivity contribution >= 4 is 39.2 Å². The zero-order valence-electron chi connectivity index (χ0n) is 22.6. The summed E-state index contributed by atoms with van der Waals surface area (Å²) in [7, 11) is -10.8. The predicted octanol–water partition coefficient (Wildman–Crippen LogP) is -5.90. The number of carbonyl (C=O) groups excluding carboxylic acids is 1. The van der Waals surface area contributed by atoms with Gasteiger partial charge in [-0.05, 0) is 6.07 Å². The zero-order valence-corrected chi connectivity index (χ0v) is 24.4. The second-order valence-electron chi connectivity index (χ2n) is 9.69. The van der Waals surface area contributed by atoms with Gasteiger partial charge in [-0.1, -0.05) is 0 Å². The molecule has 2 aliphatic rings. The molecule has 0 aromatic carbocycles. The number of ether oxygens (including phenoxy) is 2. The van der Waals surface area contributed by atoms with E-state index in [9.17, 15) is 44.8 Å². The van der Waals surface area contributed by atoms with E-state index in [4.69, 9.17) is 30.3 Å². The summed E-state index contributed by atoms with van der Waals surface area (Å²) in [6, 6.07) is 2.79. The number of fused-ring (bicyclic) bond motifs is 1. The molecule has 3 aromatic rings. The van der Waals surface area contributed by atoms with E-state index >= 15 is 0 Å². The number of phosphoric ester groups is 2. The molecule has 2 unspecified atom stereocenters. The van der Waals surface area contributed by atoms with Gasteiger partial charge in [-0.15, -0.1) is 0 Å². The maximum atomic E-state index is 12.4. The summed E-state index contributed by atoms with van der Waals surface area (Å²) < 4.78 is 26.7. The lowest BCUT2D eigenvalue weighted by Crippen LogP contribution is -2.52. The van der Waals surface area contributed by atoms with E-state index in [0.717, 1.165) is 11.1 Å². The minimum atomic E-state index is -5.39. The average molecular weight is 680 g/mol. The van der Waals surface area contributed by atoms with E-state index in [1.807, 2.05) is 0 Å². The van der Waals surface area contributed by atoms with Crippen LogP contribution < -0.4 is 30.8 Å². The molecule has 3 aromatic heterocycles. The van der Waals surface area contributed by atoms with Crippen molar-refractivity contribution in [2.24, 2.45) is 5.73 Å². The third-order valence-corrected chi connectivity index (χ3v) is 9.21. The average Bonchev–Trinajstić information content (AvgIpc) is 3.61. The van der Waals surface area contributed by atoms with Gasteiger partial charge in [0, 0.05) is 15.1 Å². The number of hydrogen-bond acceptors (Lipinski definition) is 19. The first kappa shape index (κ1) is 33.5. The van der Waals surface area contributed by atoms with Crippen molar-refractivity contribution in [2.75, 3.05) is 18.9 Å². The molecule has 0 aliphatic carbocycles. The van der Waals surface area contributed by atoms with Crippen LogP contribution in [0, 0.1) is 0 Å². The summed E-state index contributed by atoms with van der Waals surface area (Å²) >= 11 is 0. The number of aliphatic hydroxyl groups excluding tert-OH is 4. The highest BCUT2D eigenvalue weighted by Crippen LogP contribution is 2.65. The summed E-state index contributed by atoms with van der Waals surface area (Å²) in [6.07, 6.45) is -7.58. The van der Waals surface area contributed by atoms with Crippen molar-refractivity contribution in [2.45, 2.75) is 49.1 Å². The summed E-state index contributed by atoms with van der Waals surface area (Å²) in [5, 5.41) is 41.4. The molecule has 10 atom stereocenters. The summed E-state index contributed by atoms with van der Waals surface area (Å²) in [4.78, 5) is 73.3. The molecule has 0 radical (unpaired) electrons. The van der Waals surface area contributed by atoms with E-state index in [1.54, 1.807) is 0 Å². The molecule has 5 rings (SSSR count). The van der Waals surface area contributed by atoms with Crippen LogP contribution in [0.3, 0.4) is 0 Å². The number of nitrogens with two attached hydrogens (primary N) is 2. The molecule has 5 heterocycles. The number of anilines is 1. The second kappa shape index (κ2) is 13.1. The van der Waals surface area contributed by atoms with Gasteiger partial charge in [0.1, 0.15) is 61.1 Å². The number of aromatic nitrogens is 5. The molecule has 2 aliphatic heterocycles. The molecule has 0 spiro atoms. The number of nitrogen functional groups attached to an aromatic ring is 1. The molecular formula is C21H28N7O15P2+. The number of nitrogens with zero attached hydrogens (tertiary/aromatic N) is 5. The number of carbonyl (C=O) groups is 1. The Kier molecular flexibility index (Phi) is 9.73. The van der Waals surface area contributed by atoms with Crippen LogP contribution in [0.5, 0.6) is 0 Å². The third kappa shape index (κ3) is 7.41. The molecule has 22 nitrogen and oxygen atoms in total. The van der Waals surface area contributed by atoms with Crippen molar-refractivity contribution in [3.8, 4) is 0 Å². The molecule has 45 heavy (non-hydrogen) atoms. The largest absolute Gasteiger partial charge is 0.603 e. The van der Waals surface area contributed by atoms with Crippen LogP contribution in [-0.4, -0.2) is 112 Å². The molecule has 10 N–H and O–H groups in total. The molecule has 1 amide bonds. The van der Waals surface area contributed by atoms with E-state index in [-0.39, 0.29) is 22.5 Å². The molecule has 246 valence electrons. The lowest BCUT2D eigenvalue weighted by atomic mass is 10.1. The normalized spacial score (nSPS) is 31.1. The number of primary amides is 1. The Labute approximate surface area is 252 Å². The summed E-state index contributed by atoms with van der Waals surface area (Å²) in [5.74, 6) is -0.722. The van der Waals surface area contributed by atoms with Gasteiger partial charge in [0.2, 0.25) is 12.4 Å². The van der Waals surface area contributed by atoms with Crippen LogP contribution in [0.25, 0.3) is 11.2 Å². The summed E-state index contributed by atoms with van der Waals surface area (Å²) in [5.41, 5.74) is 11.3. The van der Waals surface area contributed by atoms with Gasteiger partial charge in [-0.3, -0.25) is 9.36 Å². The van der Waals surface area contributed by atoms with Crippen molar-refractivity contribution < 1.29 is 77.2 Å². The minimum absolute atomic E-state index is 0.0466. The lowest BCUT2D eigenvalue weighted by molar-refractivity contribution is -0.907. The van der Waals surface area contributed by atoms with E-state index < -0.39 is 84.6 Å². The third-order valence-electron chi connectivity index (χ3n) is 6.61. The SMILES string of the molecule is NC(=O)c1ccc[n+](O[C@@H]2O[C@H](CO[P+]([O-])(O)O[P+]([O-])(O)OC[C@H]3O[C@@H](n4cnc5c(N)ncnc54)[C@H](O)[C@@H]3O)[C@@H](O)[C@H]2O)c1. The van der Waals surface area contributed by atoms with Gasteiger partial charge in [-0.25, -0.2) is 19.8 Å². The van der Waals surface area contributed by atoms with Crippen LogP contribution in [0.15, 0.2) is 37.2 Å². The molecule has 24 heteroatoms. The number of hydrogen-bond donors (Lipinski definition) is 8. The van der Waals surface area contributed by atoms with Crippen LogP contribution in [-0.2, 0) is 22.8 Å². The number of aliphatic hydroxyl groups is 4. The molecular weight excluding hydrogens is 652 g/mol. The maximum Gasteiger partial charge on any atom is 0.434 e. The zero-order chi connectivity index (χ0) is 32.7. The number of rotatable bonds is 12. The van der Waals surface area contributed by atoms with Crippen molar-refractivity contribution in [1.29, 1.82) is 0 Å². The number of amides is 1. The van der Waals surface area contributed by atoms with Gasteiger partial charge in [0.15, 0.2) is 23.8 Å². The number of phosphoric acid groups is 2. The quantitative estimate of drug-likeness (QED) is 0.0652. The molecule has 2 fully saturated rings. The smallest absolute Gasteiger partial charge is 0.434 e. The topological polar surface area (TPSA) is 339 Å². The van der Waals surface area contributed by atoms with Crippen molar-refractivity contribution in [1.82, 2.24) is 19.5 Å². The van der Waals surface area contributed by atoms with Crippen molar-refractivity contribution in [3.05, 3.63) is 42.7 Å². The Balaban J connectivity index is 1.13. The van der Waals surface area contributed by atoms with Gasteiger partial charge in [0.05, 0.1) is 6.33 Å². The Bertz CT molecular complexity index is 1520. The number of pyridine rings is 1. The minimum Gasteiger partial charge on any atom is -0.603 e. The Hall–Kier alpha value is -2.89. The fraction of sp³-hybridized carbons (Fsp3) is 0.476. The fourth-order valence-electron chi connectivity index (χ4n) is 4.39. The first-order chi connectivity index (χ1) is 21.2. The first-order valence-electron chi connectivity index (χ1n) is 12.8. The summed E-state index contributed by atoms with van der Waals surface area (Å²) in [6.45, 7) is -1.85. The highest BCUT2D eigenvalue weighted by atomic mass is 31.3. The molecule has 2 saturated heterocycles. The second-order valence-corrected chi connectivity index (χ2v) is 12.7. The Morgan fingerprint density at radius 3 is 2.31 bits per heavy atom. The van der Waals surface area contributed by atoms with Crippen LogP contribution in [0.1, 0.15) is 16.6 Å². The van der Waals surface area contributed by atoms with Crippen LogP contribution in [0.2, 0.25) is 0 Å². The molecule has 0 saturated carbocycles. The Morgan fingerprint density at radius 1 is 1.00 bits per heavy atom. The fourth-order valence-corrected chi connectivity index (χ4v) is 6.48. The highest BCUT2D eigenvalue weighted by molar-refractivity contribution is 7.66. The lowest BCUT2D eigenvalue weighted by Gasteiger charge is -2.25. The van der Waals surface area contributed by atoms with Crippen LogP contribution >= 0.6 is 16.3 Å². The monoisotopic (exact) mass is 680 g/mol. The maximum absolute atomic E-state index is 12.4. The van der Waals surface area contributed by atoms with Crippen LogP contribution in [0.4, 0.5) is 5.82 Å².